The van der Waals surface area contributed by atoms with Gasteiger partial charge in [0.25, 0.3) is 11.1 Å². The second-order valence-electron chi connectivity index (χ2n) is 3.78. The van der Waals surface area contributed by atoms with E-state index in [0.717, 1.165) is 35.8 Å². The van der Waals surface area contributed by atoms with Crippen LogP contribution in [0.15, 0.2) is 23.1 Å². The fourth-order valence-electron chi connectivity index (χ4n) is 1.74. The van der Waals surface area contributed by atoms with Gasteiger partial charge in [-0.05, 0) is 34.9 Å². The number of methoxy groups -OCH3 is 1. The lowest BCUT2D eigenvalue weighted by atomic mass is 9.72. The molecule has 1 aliphatic heterocycles. The van der Waals surface area contributed by atoms with E-state index < -0.39 is 0 Å². The van der Waals surface area contributed by atoms with Crippen LogP contribution in [0.3, 0.4) is 0 Å². The number of thioether (sulfide) groups is 1. The molecule has 1 N–H and O–H groups in total. The SMILES string of the molecule is CBc1cc(/C=C2\SC(=O)NC2=O)ccc1OC. The third kappa shape index (κ3) is 2.59. The van der Waals surface area contributed by atoms with Crippen molar-refractivity contribution in [3.8, 4) is 5.75 Å². The Morgan fingerprint density at radius 1 is 1.39 bits per heavy atom. The molecule has 0 unspecified atom stereocenters. The number of hydrogen-bond acceptors (Lipinski definition) is 4. The molecule has 2 rings (SSSR count). The van der Waals surface area contributed by atoms with E-state index in [-0.39, 0.29) is 11.1 Å². The molecule has 0 spiro atoms. The average molecular weight is 261 g/mol. The second kappa shape index (κ2) is 5.31. The summed E-state index contributed by atoms with van der Waals surface area (Å²) >= 11 is 0.922. The van der Waals surface area contributed by atoms with Gasteiger partial charge in [0.15, 0.2) is 7.28 Å². The van der Waals surface area contributed by atoms with Gasteiger partial charge in [0, 0.05) is 0 Å². The predicted octanol–water partition coefficient (Wildman–Crippen LogP) is 1.13. The summed E-state index contributed by atoms with van der Waals surface area (Å²) in [6.45, 7) is 2.04. The lowest BCUT2D eigenvalue weighted by Gasteiger charge is -2.07. The van der Waals surface area contributed by atoms with Crippen LogP contribution in [0, 0.1) is 0 Å². The minimum Gasteiger partial charge on any atom is -0.497 e. The molecule has 1 aromatic rings. The van der Waals surface area contributed by atoms with Gasteiger partial charge >= 0.3 is 0 Å². The van der Waals surface area contributed by atoms with Crippen LogP contribution < -0.4 is 15.5 Å². The summed E-state index contributed by atoms with van der Waals surface area (Å²) in [5, 5.41) is 1.91. The summed E-state index contributed by atoms with van der Waals surface area (Å²) in [5.41, 5.74) is 1.96. The molecule has 4 nitrogen and oxygen atoms in total. The van der Waals surface area contributed by atoms with Crippen molar-refractivity contribution < 1.29 is 14.3 Å². The van der Waals surface area contributed by atoms with Gasteiger partial charge in [-0.15, -0.1) is 0 Å². The summed E-state index contributed by atoms with van der Waals surface area (Å²) in [7, 11) is 2.48. The van der Waals surface area contributed by atoms with Crippen molar-refractivity contribution in [1.82, 2.24) is 5.32 Å². The van der Waals surface area contributed by atoms with Crippen molar-refractivity contribution in [3.05, 3.63) is 28.7 Å². The van der Waals surface area contributed by atoms with Gasteiger partial charge in [-0.3, -0.25) is 14.9 Å². The lowest BCUT2D eigenvalue weighted by molar-refractivity contribution is -0.115. The van der Waals surface area contributed by atoms with E-state index in [1.54, 1.807) is 13.2 Å². The molecule has 1 saturated heterocycles. The second-order valence-corrected chi connectivity index (χ2v) is 4.79. The Bertz CT molecular complexity index is 542. The van der Waals surface area contributed by atoms with Crippen molar-refractivity contribution in [3.63, 3.8) is 0 Å². The number of imide groups is 1. The number of amides is 2. The first-order chi connectivity index (χ1) is 8.63. The smallest absolute Gasteiger partial charge is 0.290 e. The largest absolute Gasteiger partial charge is 0.497 e. The molecule has 0 aliphatic carbocycles. The molecule has 0 radical (unpaired) electrons. The highest BCUT2D eigenvalue weighted by Gasteiger charge is 2.24. The monoisotopic (exact) mass is 261 g/mol. The zero-order valence-electron chi connectivity index (χ0n) is 10.1. The molecule has 6 heteroatoms. The van der Waals surface area contributed by atoms with Crippen LogP contribution in [0.5, 0.6) is 5.75 Å². The van der Waals surface area contributed by atoms with E-state index in [0.29, 0.717) is 4.91 Å². The number of carbonyl (C=O) groups is 2. The maximum absolute atomic E-state index is 11.4. The minimum absolute atomic E-state index is 0.324. The Labute approximate surface area is 110 Å². The first-order valence-electron chi connectivity index (χ1n) is 5.55. The molecule has 0 atom stereocenters. The quantitative estimate of drug-likeness (QED) is 0.654. The summed E-state index contributed by atoms with van der Waals surface area (Å²) in [6.07, 6.45) is 1.71. The maximum atomic E-state index is 11.4. The Kier molecular flexibility index (Phi) is 3.76. The van der Waals surface area contributed by atoms with Gasteiger partial charge in [-0.1, -0.05) is 19.0 Å². The maximum Gasteiger partial charge on any atom is 0.290 e. The molecule has 0 aromatic heterocycles. The number of benzene rings is 1. The van der Waals surface area contributed by atoms with Gasteiger partial charge in [-0.2, -0.15) is 0 Å². The Balaban J connectivity index is 2.32. The van der Waals surface area contributed by atoms with Crippen LogP contribution in [-0.4, -0.2) is 25.5 Å². The topological polar surface area (TPSA) is 55.4 Å². The molecule has 18 heavy (non-hydrogen) atoms. The van der Waals surface area contributed by atoms with E-state index in [4.69, 9.17) is 4.74 Å². The summed E-state index contributed by atoms with van der Waals surface area (Å²) in [4.78, 5) is 22.9. The van der Waals surface area contributed by atoms with Crippen LogP contribution in [-0.2, 0) is 4.79 Å². The molecule has 2 amide bonds. The highest BCUT2D eigenvalue weighted by atomic mass is 32.2. The fraction of sp³-hybridized carbons (Fsp3) is 0.167. The molecule has 1 aromatic carbocycles. The summed E-state index contributed by atoms with van der Waals surface area (Å²) in [6, 6.07) is 5.69. The van der Waals surface area contributed by atoms with Gasteiger partial charge in [0.05, 0.1) is 12.0 Å². The van der Waals surface area contributed by atoms with E-state index >= 15 is 0 Å². The van der Waals surface area contributed by atoms with E-state index in [9.17, 15) is 9.59 Å². The number of nitrogens with one attached hydrogen (secondary N) is 1. The molecule has 1 fully saturated rings. The molecular formula is C12H12BNO3S. The highest BCUT2D eigenvalue weighted by Crippen LogP contribution is 2.25. The molecular weight excluding hydrogens is 249 g/mol. The molecule has 1 aliphatic rings. The van der Waals surface area contributed by atoms with Crippen molar-refractivity contribution in [2.75, 3.05) is 7.11 Å². The number of ether oxygens (including phenoxy) is 1. The molecule has 0 saturated carbocycles. The van der Waals surface area contributed by atoms with Gasteiger partial charge in [-0.25, -0.2) is 0 Å². The Morgan fingerprint density at radius 3 is 2.72 bits per heavy atom. The molecule has 0 bridgehead atoms. The van der Waals surface area contributed by atoms with Crippen LogP contribution in [0.1, 0.15) is 5.56 Å². The third-order valence-corrected chi connectivity index (χ3v) is 3.44. The third-order valence-electron chi connectivity index (χ3n) is 2.63. The van der Waals surface area contributed by atoms with Gasteiger partial charge in [0.1, 0.15) is 5.75 Å². The zero-order chi connectivity index (χ0) is 13.1. The summed E-state index contributed by atoms with van der Waals surface area (Å²) in [5.74, 6) is 0.498. The van der Waals surface area contributed by atoms with E-state index in [1.165, 1.54) is 0 Å². The van der Waals surface area contributed by atoms with Crippen molar-refractivity contribution in [1.29, 1.82) is 0 Å². The summed E-state index contributed by atoms with van der Waals surface area (Å²) < 4.78 is 5.24. The van der Waals surface area contributed by atoms with Gasteiger partial charge < -0.3 is 4.74 Å². The lowest BCUT2D eigenvalue weighted by Crippen LogP contribution is -2.18. The Hall–Kier alpha value is -1.69. The number of carbonyl (C=O) groups excluding carboxylic acids is 2. The number of rotatable bonds is 3. The average Bonchev–Trinajstić information content (AvgIpc) is 2.67. The fourth-order valence-corrected chi connectivity index (χ4v) is 2.42. The van der Waals surface area contributed by atoms with Crippen LogP contribution in [0.25, 0.3) is 6.08 Å². The zero-order valence-corrected chi connectivity index (χ0v) is 11.0. The first kappa shape index (κ1) is 12.8. The van der Waals surface area contributed by atoms with Crippen molar-refractivity contribution >= 4 is 41.7 Å². The standard InChI is InChI=1S/C12H12BNO3S/c1-13-8-5-7(3-4-9(8)17-2)6-10-11(15)14-12(16)18-10/h3-6,13H,1-2H3,(H,14,15,16)/b10-6-. The highest BCUT2D eigenvalue weighted by molar-refractivity contribution is 8.18. The molecule has 1 heterocycles. The molecule has 92 valence electrons. The predicted molar refractivity (Wildman–Crippen MR) is 74.7 cm³/mol. The van der Waals surface area contributed by atoms with Crippen LogP contribution in [0.4, 0.5) is 4.79 Å². The Morgan fingerprint density at radius 2 is 2.17 bits per heavy atom. The normalized spacial score (nSPS) is 16.9. The minimum atomic E-state index is -0.334. The van der Waals surface area contributed by atoms with Crippen LogP contribution in [0.2, 0.25) is 6.82 Å². The van der Waals surface area contributed by atoms with Crippen molar-refractivity contribution in [2.45, 2.75) is 6.82 Å². The van der Waals surface area contributed by atoms with Crippen LogP contribution >= 0.6 is 11.8 Å². The van der Waals surface area contributed by atoms with E-state index in [1.807, 2.05) is 25.0 Å². The number of hydrogen-bond donors (Lipinski definition) is 1. The van der Waals surface area contributed by atoms with Gasteiger partial charge in [0.2, 0.25) is 0 Å². The van der Waals surface area contributed by atoms with Crippen molar-refractivity contribution in [2.24, 2.45) is 0 Å². The van der Waals surface area contributed by atoms with E-state index in [2.05, 4.69) is 5.32 Å². The first-order valence-corrected chi connectivity index (χ1v) is 6.37.